The molecule has 0 atom stereocenters. The number of halogens is 1. The van der Waals surface area contributed by atoms with E-state index in [1.807, 2.05) is 0 Å². The molecule has 0 unspecified atom stereocenters. The van der Waals surface area contributed by atoms with Crippen LogP contribution in [0.5, 0.6) is 5.75 Å². The van der Waals surface area contributed by atoms with Crippen LogP contribution in [-0.2, 0) is 12.4 Å². The van der Waals surface area contributed by atoms with Crippen LogP contribution in [0.25, 0.3) is 0 Å². The molecule has 1 aromatic heterocycles. The summed E-state index contributed by atoms with van der Waals surface area (Å²) in [6, 6.07) is 14.1. The van der Waals surface area contributed by atoms with E-state index in [0.29, 0.717) is 16.9 Å². The largest absolute Gasteiger partial charge is 0.484 e. The van der Waals surface area contributed by atoms with Crippen molar-refractivity contribution in [3.8, 4) is 5.75 Å². The minimum absolute atomic E-state index is 0.156. The van der Waals surface area contributed by atoms with Gasteiger partial charge in [0.25, 0.3) is 11.1 Å². The lowest BCUT2D eigenvalue weighted by Gasteiger charge is -2.02. The Labute approximate surface area is 137 Å². The molecular weight excluding hydrogens is 315 g/mol. The molecule has 0 N–H and O–H groups in total. The van der Waals surface area contributed by atoms with Gasteiger partial charge in [0.2, 0.25) is 0 Å². The Morgan fingerprint density at radius 3 is 2.52 bits per heavy atom. The van der Waals surface area contributed by atoms with Gasteiger partial charge in [-0.25, -0.2) is 4.39 Å². The molecule has 118 valence electrons. The third-order valence-corrected chi connectivity index (χ3v) is 4.00. The summed E-state index contributed by atoms with van der Waals surface area (Å²) in [5.41, 5.74) is 2.43. The molecule has 0 radical (unpaired) electrons. The van der Waals surface area contributed by atoms with Crippen LogP contribution in [0.3, 0.4) is 0 Å². The van der Waals surface area contributed by atoms with E-state index in [1.54, 1.807) is 12.1 Å². The Morgan fingerprint density at radius 1 is 1.04 bits per heavy atom. The molecule has 4 nitrogen and oxygen atoms in total. The fourth-order valence-electron chi connectivity index (χ4n) is 1.86. The fraction of sp³-hybridized carbons (Fsp3) is 0.176. The Morgan fingerprint density at radius 2 is 1.78 bits per heavy atom. The van der Waals surface area contributed by atoms with Crippen LogP contribution in [0, 0.1) is 12.7 Å². The van der Waals surface area contributed by atoms with Crippen LogP contribution >= 0.6 is 11.8 Å². The van der Waals surface area contributed by atoms with Crippen LogP contribution in [0.15, 0.2) is 58.2 Å². The van der Waals surface area contributed by atoms with Crippen molar-refractivity contribution >= 4 is 11.8 Å². The maximum absolute atomic E-state index is 12.8. The van der Waals surface area contributed by atoms with Crippen LogP contribution in [0.2, 0.25) is 0 Å². The molecule has 0 bridgehead atoms. The van der Waals surface area contributed by atoms with Crippen molar-refractivity contribution in [3.05, 3.63) is 71.4 Å². The number of hydrogen-bond acceptors (Lipinski definition) is 5. The lowest BCUT2D eigenvalue weighted by Crippen LogP contribution is -1.95. The van der Waals surface area contributed by atoms with Crippen molar-refractivity contribution in [1.82, 2.24) is 10.2 Å². The normalized spacial score (nSPS) is 10.7. The van der Waals surface area contributed by atoms with Crippen LogP contribution < -0.4 is 4.74 Å². The third-order valence-electron chi connectivity index (χ3n) is 3.11. The monoisotopic (exact) mass is 330 g/mol. The van der Waals surface area contributed by atoms with Gasteiger partial charge in [0, 0.05) is 5.75 Å². The van der Waals surface area contributed by atoms with E-state index in [0.717, 1.165) is 5.75 Å². The maximum atomic E-state index is 12.8. The Bertz CT molecular complexity index is 693. The molecule has 3 aromatic rings. The second-order valence-corrected chi connectivity index (χ2v) is 5.91. The number of thioether (sulfide) groups is 1. The molecule has 3 rings (SSSR count). The average molecular weight is 330 g/mol. The number of aromatic nitrogens is 2. The predicted octanol–water partition coefficient (Wildman–Crippen LogP) is 4.39. The van der Waals surface area contributed by atoms with Gasteiger partial charge < -0.3 is 9.15 Å². The van der Waals surface area contributed by atoms with Crippen LogP contribution in [0.4, 0.5) is 4.39 Å². The first-order chi connectivity index (χ1) is 11.2. The Balaban J connectivity index is 1.51. The zero-order valence-corrected chi connectivity index (χ0v) is 13.3. The fourth-order valence-corrected chi connectivity index (χ4v) is 2.60. The zero-order chi connectivity index (χ0) is 16.1. The van der Waals surface area contributed by atoms with Gasteiger partial charge in [-0.3, -0.25) is 0 Å². The topological polar surface area (TPSA) is 48.2 Å². The van der Waals surface area contributed by atoms with Crippen LogP contribution in [-0.4, -0.2) is 10.2 Å². The molecule has 0 amide bonds. The Hall–Kier alpha value is -2.34. The van der Waals surface area contributed by atoms with Crippen molar-refractivity contribution in [2.45, 2.75) is 24.5 Å². The lowest BCUT2D eigenvalue weighted by atomic mass is 10.2. The molecule has 0 saturated heterocycles. The van der Waals surface area contributed by atoms with Gasteiger partial charge in [-0.1, -0.05) is 41.6 Å². The van der Waals surface area contributed by atoms with E-state index in [1.165, 1.54) is 35.0 Å². The van der Waals surface area contributed by atoms with Crippen molar-refractivity contribution in [2.24, 2.45) is 0 Å². The summed E-state index contributed by atoms with van der Waals surface area (Å²) >= 11 is 1.48. The van der Waals surface area contributed by atoms with Gasteiger partial charge in [0.15, 0.2) is 6.61 Å². The smallest absolute Gasteiger partial charge is 0.277 e. The second kappa shape index (κ2) is 7.28. The summed E-state index contributed by atoms with van der Waals surface area (Å²) in [5.74, 6) is 1.41. The standard InChI is InChI=1S/C17H15FN2O2S/c1-12-2-4-13(5-3-12)11-23-17-20-19-16(22-17)10-21-15-8-6-14(18)7-9-15/h2-9H,10-11H2,1H3. The van der Waals surface area contributed by atoms with Gasteiger partial charge >= 0.3 is 0 Å². The highest BCUT2D eigenvalue weighted by molar-refractivity contribution is 7.98. The second-order valence-electron chi connectivity index (χ2n) is 4.98. The van der Waals surface area contributed by atoms with E-state index in [-0.39, 0.29) is 12.4 Å². The minimum Gasteiger partial charge on any atom is -0.484 e. The summed E-state index contributed by atoms with van der Waals surface area (Å²) < 4.78 is 23.8. The average Bonchev–Trinajstić information content (AvgIpc) is 3.02. The van der Waals surface area contributed by atoms with E-state index >= 15 is 0 Å². The summed E-state index contributed by atoms with van der Waals surface area (Å²) in [4.78, 5) is 0. The van der Waals surface area contributed by atoms with Gasteiger partial charge in [-0.2, -0.15) is 0 Å². The third kappa shape index (κ3) is 4.56. The summed E-state index contributed by atoms with van der Waals surface area (Å²) in [5, 5.41) is 8.42. The predicted molar refractivity (Wildman–Crippen MR) is 85.8 cm³/mol. The number of benzene rings is 2. The molecule has 1 heterocycles. The molecule has 0 aliphatic rings. The highest BCUT2D eigenvalue weighted by Gasteiger charge is 2.08. The van der Waals surface area contributed by atoms with Crippen molar-refractivity contribution in [1.29, 1.82) is 0 Å². The Kier molecular flexibility index (Phi) is 4.92. The molecule has 0 spiro atoms. The summed E-state index contributed by atoms with van der Waals surface area (Å²) in [6.45, 7) is 2.21. The van der Waals surface area contributed by atoms with Gasteiger partial charge in [-0.15, -0.1) is 10.2 Å². The number of rotatable bonds is 6. The molecule has 2 aromatic carbocycles. The summed E-state index contributed by atoms with van der Waals surface area (Å²) in [6.07, 6.45) is 0. The first-order valence-electron chi connectivity index (χ1n) is 7.08. The molecule has 0 aliphatic heterocycles. The molecule has 0 saturated carbocycles. The minimum atomic E-state index is -0.301. The maximum Gasteiger partial charge on any atom is 0.277 e. The van der Waals surface area contributed by atoms with Crippen molar-refractivity contribution in [3.63, 3.8) is 0 Å². The molecule has 6 heteroatoms. The van der Waals surface area contributed by atoms with Crippen molar-refractivity contribution in [2.75, 3.05) is 0 Å². The van der Waals surface area contributed by atoms with E-state index in [4.69, 9.17) is 9.15 Å². The van der Waals surface area contributed by atoms with Gasteiger partial charge in [0.1, 0.15) is 11.6 Å². The summed E-state index contributed by atoms with van der Waals surface area (Å²) in [7, 11) is 0. The zero-order valence-electron chi connectivity index (χ0n) is 12.5. The van der Waals surface area contributed by atoms with Crippen molar-refractivity contribution < 1.29 is 13.5 Å². The first kappa shape index (κ1) is 15.6. The highest BCUT2D eigenvalue weighted by Crippen LogP contribution is 2.22. The molecule has 0 fully saturated rings. The molecule has 23 heavy (non-hydrogen) atoms. The van der Waals surface area contributed by atoms with E-state index < -0.39 is 0 Å². The SMILES string of the molecule is Cc1ccc(CSc2nnc(COc3ccc(F)cc3)o2)cc1. The lowest BCUT2D eigenvalue weighted by molar-refractivity contribution is 0.252. The number of ether oxygens (including phenoxy) is 1. The quantitative estimate of drug-likeness (QED) is 0.627. The van der Waals surface area contributed by atoms with Crippen LogP contribution in [0.1, 0.15) is 17.0 Å². The number of hydrogen-bond donors (Lipinski definition) is 0. The number of nitrogens with zero attached hydrogens (tertiary/aromatic N) is 2. The van der Waals surface area contributed by atoms with E-state index in [2.05, 4.69) is 41.4 Å². The van der Waals surface area contributed by atoms with Gasteiger partial charge in [-0.05, 0) is 36.8 Å². The molecule has 0 aliphatic carbocycles. The molecular formula is C17H15FN2O2S. The highest BCUT2D eigenvalue weighted by atomic mass is 32.2. The van der Waals surface area contributed by atoms with Gasteiger partial charge in [0.05, 0.1) is 0 Å². The number of aryl methyl sites for hydroxylation is 1. The first-order valence-corrected chi connectivity index (χ1v) is 8.07. The van der Waals surface area contributed by atoms with E-state index in [9.17, 15) is 4.39 Å².